The predicted molar refractivity (Wildman–Crippen MR) is 42.1 cm³/mol. The fraction of sp³-hybridized carbons (Fsp3) is 0.250. The molecule has 60 valence electrons. The maximum absolute atomic E-state index is 9.23. The number of aromatic hydroxyl groups is 1. The molecule has 0 saturated heterocycles. The van der Waals surface area contributed by atoms with Crippen molar-refractivity contribution >= 4 is 0 Å². The third-order valence-corrected chi connectivity index (χ3v) is 1.46. The molecule has 0 aliphatic carbocycles. The SMILES string of the molecule is CNC(O)c1cccc(O)c1. The first-order valence-electron chi connectivity index (χ1n) is 3.38. The van der Waals surface area contributed by atoms with Crippen LogP contribution in [0.15, 0.2) is 24.3 Å². The van der Waals surface area contributed by atoms with Gasteiger partial charge >= 0.3 is 0 Å². The van der Waals surface area contributed by atoms with Crippen LogP contribution in [0.5, 0.6) is 5.75 Å². The number of aliphatic hydroxyl groups excluding tert-OH is 1. The maximum Gasteiger partial charge on any atom is 0.130 e. The van der Waals surface area contributed by atoms with Gasteiger partial charge in [-0.2, -0.15) is 0 Å². The molecule has 0 bridgehead atoms. The Morgan fingerprint density at radius 2 is 2.18 bits per heavy atom. The largest absolute Gasteiger partial charge is 0.508 e. The quantitative estimate of drug-likeness (QED) is 0.545. The van der Waals surface area contributed by atoms with E-state index in [0.717, 1.165) is 0 Å². The molecule has 0 radical (unpaired) electrons. The van der Waals surface area contributed by atoms with Gasteiger partial charge in [-0.1, -0.05) is 12.1 Å². The van der Waals surface area contributed by atoms with Crippen molar-refractivity contribution in [2.45, 2.75) is 6.23 Å². The molecule has 3 N–H and O–H groups in total. The first-order chi connectivity index (χ1) is 5.24. The first kappa shape index (κ1) is 8.04. The Morgan fingerprint density at radius 1 is 1.45 bits per heavy atom. The van der Waals surface area contributed by atoms with Gasteiger partial charge in [0.15, 0.2) is 0 Å². The molecule has 1 aromatic rings. The van der Waals surface area contributed by atoms with Gasteiger partial charge in [-0.15, -0.1) is 0 Å². The highest BCUT2D eigenvalue weighted by molar-refractivity contribution is 5.28. The Kier molecular flexibility index (Phi) is 2.46. The molecule has 3 heteroatoms. The van der Waals surface area contributed by atoms with E-state index in [9.17, 15) is 5.11 Å². The predicted octanol–water partition coefficient (Wildman–Crippen LogP) is 0.603. The molecule has 11 heavy (non-hydrogen) atoms. The number of nitrogens with one attached hydrogen (secondary N) is 1. The molecule has 0 heterocycles. The summed E-state index contributed by atoms with van der Waals surface area (Å²) in [5.74, 6) is 0.164. The second kappa shape index (κ2) is 3.37. The van der Waals surface area contributed by atoms with Crippen LogP contribution in [0.1, 0.15) is 11.8 Å². The van der Waals surface area contributed by atoms with E-state index in [4.69, 9.17) is 5.11 Å². The van der Waals surface area contributed by atoms with Crippen LogP contribution in [-0.2, 0) is 0 Å². The molecule has 0 aliphatic heterocycles. The highest BCUT2D eigenvalue weighted by Crippen LogP contribution is 2.15. The minimum Gasteiger partial charge on any atom is -0.508 e. The zero-order chi connectivity index (χ0) is 8.27. The van der Waals surface area contributed by atoms with Crippen LogP contribution in [0.3, 0.4) is 0 Å². The lowest BCUT2D eigenvalue weighted by molar-refractivity contribution is 0.149. The highest BCUT2D eigenvalue weighted by Gasteiger charge is 2.02. The Morgan fingerprint density at radius 3 is 2.73 bits per heavy atom. The lowest BCUT2D eigenvalue weighted by Crippen LogP contribution is -2.14. The zero-order valence-corrected chi connectivity index (χ0v) is 6.28. The zero-order valence-electron chi connectivity index (χ0n) is 6.28. The van der Waals surface area contributed by atoms with Crippen molar-refractivity contribution in [2.75, 3.05) is 7.05 Å². The van der Waals surface area contributed by atoms with Gasteiger partial charge in [-0.25, -0.2) is 0 Å². The monoisotopic (exact) mass is 153 g/mol. The number of hydrogen-bond donors (Lipinski definition) is 3. The number of benzene rings is 1. The topological polar surface area (TPSA) is 52.5 Å². The second-order valence-electron chi connectivity index (χ2n) is 2.29. The van der Waals surface area contributed by atoms with Crippen molar-refractivity contribution in [3.63, 3.8) is 0 Å². The number of hydrogen-bond acceptors (Lipinski definition) is 3. The summed E-state index contributed by atoms with van der Waals surface area (Å²) in [6.07, 6.45) is -0.706. The van der Waals surface area contributed by atoms with Crippen LogP contribution < -0.4 is 5.32 Å². The standard InChI is InChI=1S/C8H11NO2/c1-9-8(11)6-3-2-4-7(10)5-6/h2-5,8-11H,1H3. The van der Waals surface area contributed by atoms with Crippen LogP contribution >= 0.6 is 0 Å². The van der Waals surface area contributed by atoms with Crippen molar-refractivity contribution in [1.29, 1.82) is 0 Å². The van der Waals surface area contributed by atoms with E-state index in [2.05, 4.69) is 5.32 Å². The molecule has 1 rings (SSSR count). The number of phenolic OH excluding ortho intramolecular Hbond substituents is 1. The van der Waals surface area contributed by atoms with Crippen molar-refractivity contribution in [1.82, 2.24) is 5.32 Å². The average Bonchev–Trinajstić information content (AvgIpc) is 2.03. The smallest absolute Gasteiger partial charge is 0.130 e. The van der Waals surface area contributed by atoms with Crippen LogP contribution in [0.4, 0.5) is 0 Å². The third kappa shape index (κ3) is 1.93. The molecule has 0 aliphatic rings. The van der Waals surface area contributed by atoms with Gasteiger partial charge < -0.3 is 10.2 Å². The summed E-state index contributed by atoms with van der Waals surface area (Å²) < 4.78 is 0. The summed E-state index contributed by atoms with van der Waals surface area (Å²) >= 11 is 0. The van der Waals surface area contributed by atoms with E-state index in [1.165, 1.54) is 6.07 Å². The molecule has 3 nitrogen and oxygen atoms in total. The number of aliphatic hydroxyl groups is 1. The molecular weight excluding hydrogens is 142 g/mol. The molecule has 0 spiro atoms. The molecule has 0 saturated carbocycles. The average molecular weight is 153 g/mol. The first-order valence-corrected chi connectivity index (χ1v) is 3.38. The lowest BCUT2D eigenvalue weighted by atomic mass is 10.2. The van der Waals surface area contributed by atoms with Crippen molar-refractivity contribution in [2.24, 2.45) is 0 Å². The van der Waals surface area contributed by atoms with Crippen LogP contribution in [-0.4, -0.2) is 17.3 Å². The van der Waals surface area contributed by atoms with Crippen molar-refractivity contribution < 1.29 is 10.2 Å². The summed E-state index contributed by atoms with van der Waals surface area (Å²) in [6, 6.07) is 6.50. The van der Waals surface area contributed by atoms with Crippen LogP contribution in [0, 0.1) is 0 Å². The highest BCUT2D eigenvalue weighted by atomic mass is 16.3. The third-order valence-electron chi connectivity index (χ3n) is 1.46. The molecule has 0 aromatic heterocycles. The fourth-order valence-electron chi connectivity index (χ4n) is 0.862. The van der Waals surface area contributed by atoms with Gasteiger partial charge in [0.2, 0.25) is 0 Å². The lowest BCUT2D eigenvalue weighted by Gasteiger charge is -2.08. The van der Waals surface area contributed by atoms with E-state index >= 15 is 0 Å². The Hall–Kier alpha value is -1.06. The minimum atomic E-state index is -0.706. The molecule has 1 aromatic carbocycles. The summed E-state index contributed by atoms with van der Waals surface area (Å²) in [7, 11) is 1.65. The van der Waals surface area contributed by atoms with E-state index in [1.807, 2.05) is 0 Å². The van der Waals surface area contributed by atoms with E-state index in [-0.39, 0.29) is 5.75 Å². The summed E-state index contributed by atoms with van der Waals surface area (Å²) in [6.45, 7) is 0. The van der Waals surface area contributed by atoms with Gasteiger partial charge in [-0.3, -0.25) is 5.32 Å². The fourth-order valence-corrected chi connectivity index (χ4v) is 0.862. The molecule has 1 atom stereocenters. The Labute approximate surface area is 65.3 Å². The van der Waals surface area contributed by atoms with Crippen molar-refractivity contribution in [3.8, 4) is 5.75 Å². The molecular formula is C8H11NO2. The van der Waals surface area contributed by atoms with Gasteiger partial charge in [0.25, 0.3) is 0 Å². The summed E-state index contributed by atoms with van der Waals surface area (Å²) in [4.78, 5) is 0. The minimum absolute atomic E-state index is 0.164. The molecule has 0 fully saturated rings. The molecule has 0 amide bonds. The normalized spacial score (nSPS) is 12.9. The van der Waals surface area contributed by atoms with Crippen LogP contribution in [0.2, 0.25) is 0 Å². The summed E-state index contributed by atoms with van der Waals surface area (Å²) in [5.41, 5.74) is 0.660. The Balaban J connectivity index is 2.86. The van der Waals surface area contributed by atoms with E-state index in [1.54, 1.807) is 25.2 Å². The van der Waals surface area contributed by atoms with E-state index < -0.39 is 6.23 Å². The van der Waals surface area contributed by atoms with Crippen LogP contribution in [0.25, 0.3) is 0 Å². The molecule has 1 unspecified atom stereocenters. The second-order valence-corrected chi connectivity index (χ2v) is 2.29. The van der Waals surface area contributed by atoms with Gasteiger partial charge in [0.1, 0.15) is 12.0 Å². The Bertz CT molecular complexity index is 237. The number of rotatable bonds is 2. The van der Waals surface area contributed by atoms with Gasteiger partial charge in [0, 0.05) is 0 Å². The maximum atomic E-state index is 9.23. The summed E-state index contributed by atoms with van der Waals surface area (Å²) in [5, 5.41) is 20.9. The number of phenols is 1. The van der Waals surface area contributed by atoms with Gasteiger partial charge in [0.05, 0.1) is 0 Å². The van der Waals surface area contributed by atoms with Crippen molar-refractivity contribution in [3.05, 3.63) is 29.8 Å². The van der Waals surface area contributed by atoms with E-state index in [0.29, 0.717) is 5.56 Å². The van der Waals surface area contributed by atoms with Gasteiger partial charge in [-0.05, 0) is 24.7 Å².